The number of hydrogen-bond acceptors (Lipinski definition) is 4. The van der Waals surface area contributed by atoms with Crippen LogP contribution in [0.1, 0.15) is 27.6 Å². The van der Waals surface area contributed by atoms with Gasteiger partial charge in [-0.05, 0) is 31.2 Å². The van der Waals surface area contributed by atoms with Crippen molar-refractivity contribution >= 4 is 16.9 Å². The molecule has 0 aliphatic rings. The first-order chi connectivity index (χ1) is 11.7. The van der Waals surface area contributed by atoms with Gasteiger partial charge in [0.15, 0.2) is 0 Å². The Labute approximate surface area is 140 Å². The first kappa shape index (κ1) is 16.9. The number of hydrogen-bond donors (Lipinski definition) is 1. The van der Waals surface area contributed by atoms with Crippen LogP contribution in [-0.4, -0.2) is 37.8 Å². The maximum atomic E-state index is 12.8. The fraction of sp³-hybridized carbons (Fsp3) is 0.250. The number of H-pyrrole nitrogens is 1. The average Bonchev–Trinajstić information content (AvgIpc) is 2.94. The number of fused-ring (bicyclic) bond motifs is 1. The lowest BCUT2D eigenvalue weighted by Crippen LogP contribution is -2.27. The van der Waals surface area contributed by atoms with Crippen LogP contribution < -0.4 is 0 Å². The van der Waals surface area contributed by atoms with Gasteiger partial charge < -0.3 is 9.88 Å². The van der Waals surface area contributed by atoms with Crippen LogP contribution in [0.2, 0.25) is 0 Å². The molecule has 0 bridgehead atoms. The molecule has 1 amide bonds. The fourth-order valence-corrected chi connectivity index (χ4v) is 2.38. The van der Waals surface area contributed by atoms with Gasteiger partial charge in [-0.3, -0.25) is 4.79 Å². The van der Waals surface area contributed by atoms with Crippen LogP contribution in [-0.2, 0) is 12.7 Å². The van der Waals surface area contributed by atoms with Crippen LogP contribution in [0.15, 0.2) is 30.6 Å². The largest absolute Gasteiger partial charge is 0.416 e. The molecular weight excluding hydrogens is 335 g/mol. The summed E-state index contributed by atoms with van der Waals surface area (Å²) in [6, 6.07) is 4.84. The molecule has 2 aromatic heterocycles. The molecule has 1 N–H and O–H groups in total. The Morgan fingerprint density at radius 1 is 1.24 bits per heavy atom. The van der Waals surface area contributed by atoms with Crippen LogP contribution in [0.3, 0.4) is 0 Å². The van der Waals surface area contributed by atoms with E-state index < -0.39 is 11.7 Å². The van der Waals surface area contributed by atoms with Crippen molar-refractivity contribution in [1.82, 2.24) is 24.8 Å². The van der Waals surface area contributed by atoms with E-state index in [2.05, 4.69) is 19.9 Å². The molecule has 0 unspecified atom stereocenters. The molecule has 1 aromatic carbocycles. The third-order valence-corrected chi connectivity index (χ3v) is 3.61. The summed E-state index contributed by atoms with van der Waals surface area (Å²) < 4.78 is 38.3. The Morgan fingerprint density at radius 2 is 2.00 bits per heavy atom. The van der Waals surface area contributed by atoms with E-state index in [0.29, 0.717) is 17.0 Å². The van der Waals surface area contributed by atoms with Crippen LogP contribution in [0.4, 0.5) is 13.2 Å². The van der Waals surface area contributed by atoms with E-state index in [1.54, 1.807) is 20.0 Å². The van der Waals surface area contributed by atoms with Gasteiger partial charge in [0.1, 0.15) is 17.8 Å². The molecular formula is C16H14F3N5O. The number of aryl methyl sites for hydroxylation is 1. The second-order valence-corrected chi connectivity index (χ2v) is 5.62. The summed E-state index contributed by atoms with van der Waals surface area (Å²) in [6.45, 7) is 1.86. The highest BCUT2D eigenvalue weighted by Gasteiger charge is 2.30. The molecule has 130 valence electrons. The van der Waals surface area contributed by atoms with Crippen LogP contribution in [0.25, 0.3) is 11.0 Å². The Morgan fingerprint density at radius 3 is 2.68 bits per heavy atom. The molecule has 0 fully saturated rings. The topological polar surface area (TPSA) is 74.8 Å². The number of alkyl halides is 3. The highest BCUT2D eigenvalue weighted by atomic mass is 19.4. The van der Waals surface area contributed by atoms with Crippen LogP contribution in [0.5, 0.6) is 0 Å². The van der Waals surface area contributed by atoms with Gasteiger partial charge in [-0.2, -0.15) is 13.2 Å². The maximum Gasteiger partial charge on any atom is 0.416 e. The molecule has 6 nitrogen and oxygen atoms in total. The molecule has 3 rings (SSSR count). The number of amides is 1. The Kier molecular flexibility index (Phi) is 4.15. The number of rotatable bonds is 3. The van der Waals surface area contributed by atoms with Crippen molar-refractivity contribution in [2.24, 2.45) is 0 Å². The average molecular weight is 349 g/mol. The second-order valence-electron chi connectivity index (χ2n) is 5.62. The summed E-state index contributed by atoms with van der Waals surface area (Å²) in [7, 11) is 1.56. The SMILES string of the molecule is Cc1cc(C(=O)N(C)Cc2nc3ccc(C(F)(F)F)cc3[nH]2)ncn1. The predicted molar refractivity (Wildman–Crippen MR) is 83.7 cm³/mol. The number of carbonyl (C=O) groups is 1. The van der Waals surface area contributed by atoms with E-state index in [9.17, 15) is 18.0 Å². The fourth-order valence-electron chi connectivity index (χ4n) is 2.38. The number of benzene rings is 1. The molecule has 9 heteroatoms. The van der Waals surface area contributed by atoms with Gasteiger partial charge in [-0.15, -0.1) is 0 Å². The standard InChI is InChI=1S/C16H14F3N5O/c1-9-5-13(21-8-20-9)15(25)24(2)7-14-22-11-4-3-10(16(17,18)19)6-12(11)23-14/h3-6,8H,7H2,1-2H3,(H,22,23). The van der Waals surface area contributed by atoms with E-state index in [4.69, 9.17) is 0 Å². The lowest BCUT2D eigenvalue weighted by Gasteiger charge is -2.15. The van der Waals surface area contributed by atoms with E-state index >= 15 is 0 Å². The zero-order chi connectivity index (χ0) is 18.2. The quantitative estimate of drug-likeness (QED) is 0.789. The van der Waals surface area contributed by atoms with Crippen molar-refractivity contribution in [3.8, 4) is 0 Å². The number of imidazole rings is 1. The van der Waals surface area contributed by atoms with E-state index in [1.165, 1.54) is 17.3 Å². The number of aromatic nitrogens is 4. The minimum absolute atomic E-state index is 0.109. The molecule has 0 atom stereocenters. The molecule has 0 saturated carbocycles. The zero-order valence-electron chi connectivity index (χ0n) is 13.4. The molecule has 3 aromatic rings. The minimum atomic E-state index is -4.42. The number of nitrogens with one attached hydrogen (secondary N) is 1. The van der Waals surface area contributed by atoms with Gasteiger partial charge in [-0.25, -0.2) is 15.0 Å². The first-order valence-corrected chi connectivity index (χ1v) is 7.34. The molecule has 25 heavy (non-hydrogen) atoms. The summed E-state index contributed by atoms with van der Waals surface area (Å²) in [6.07, 6.45) is -3.12. The Bertz CT molecular complexity index is 935. The predicted octanol–water partition coefficient (Wildman–Crippen LogP) is 2.95. The Balaban J connectivity index is 1.81. The third kappa shape index (κ3) is 3.59. The molecule has 0 aliphatic heterocycles. The van der Waals surface area contributed by atoms with Gasteiger partial charge in [-0.1, -0.05) is 0 Å². The molecule has 0 radical (unpaired) electrons. The summed E-state index contributed by atoms with van der Waals surface area (Å²) in [5, 5.41) is 0. The molecule has 0 saturated heterocycles. The van der Waals surface area contributed by atoms with E-state index in [1.807, 2.05) is 0 Å². The van der Waals surface area contributed by atoms with Crippen molar-refractivity contribution in [2.45, 2.75) is 19.6 Å². The normalized spacial score (nSPS) is 11.7. The number of carbonyl (C=O) groups excluding carboxylic acids is 1. The van der Waals surface area contributed by atoms with Gasteiger partial charge in [0.05, 0.1) is 23.1 Å². The summed E-state index contributed by atoms with van der Waals surface area (Å²) in [4.78, 5) is 28.6. The minimum Gasteiger partial charge on any atom is -0.340 e. The monoisotopic (exact) mass is 349 g/mol. The highest BCUT2D eigenvalue weighted by molar-refractivity contribution is 5.92. The van der Waals surface area contributed by atoms with Crippen molar-refractivity contribution in [1.29, 1.82) is 0 Å². The van der Waals surface area contributed by atoms with Gasteiger partial charge >= 0.3 is 6.18 Å². The molecule has 0 aliphatic carbocycles. The summed E-state index contributed by atoms with van der Waals surface area (Å²) in [5.41, 5.74) is 0.821. The highest BCUT2D eigenvalue weighted by Crippen LogP contribution is 2.30. The lowest BCUT2D eigenvalue weighted by molar-refractivity contribution is -0.137. The Hall–Kier alpha value is -2.97. The molecule has 2 heterocycles. The number of aromatic amines is 1. The smallest absolute Gasteiger partial charge is 0.340 e. The van der Waals surface area contributed by atoms with Gasteiger partial charge in [0.25, 0.3) is 5.91 Å². The van der Waals surface area contributed by atoms with Crippen LogP contribution >= 0.6 is 0 Å². The van der Waals surface area contributed by atoms with Crippen molar-refractivity contribution < 1.29 is 18.0 Å². The van der Waals surface area contributed by atoms with Gasteiger partial charge in [0.2, 0.25) is 0 Å². The van der Waals surface area contributed by atoms with Crippen molar-refractivity contribution in [3.63, 3.8) is 0 Å². The first-order valence-electron chi connectivity index (χ1n) is 7.34. The number of halogens is 3. The zero-order valence-corrected chi connectivity index (χ0v) is 13.4. The van der Waals surface area contributed by atoms with E-state index in [-0.39, 0.29) is 23.7 Å². The summed E-state index contributed by atoms with van der Waals surface area (Å²) >= 11 is 0. The van der Waals surface area contributed by atoms with Gasteiger partial charge in [0, 0.05) is 12.7 Å². The third-order valence-electron chi connectivity index (χ3n) is 3.61. The summed E-state index contributed by atoms with van der Waals surface area (Å²) in [5.74, 6) is 0.0536. The van der Waals surface area contributed by atoms with Crippen molar-refractivity contribution in [3.05, 3.63) is 53.4 Å². The van der Waals surface area contributed by atoms with Crippen molar-refractivity contribution in [2.75, 3.05) is 7.05 Å². The maximum absolute atomic E-state index is 12.8. The number of nitrogens with zero attached hydrogens (tertiary/aromatic N) is 4. The van der Waals surface area contributed by atoms with Crippen LogP contribution in [0, 0.1) is 6.92 Å². The lowest BCUT2D eigenvalue weighted by atomic mass is 10.2. The second kappa shape index (κ2) is 6.15. The molecule has 0 spiro atoms. The van der Waals surface area contributed by atoms with E-state index in [0.717, 1.165) is 12.1 Å².